The van der Waals surface area contributed by atoms with E-state index >= 15 is 0 Å². The first-order valence-corrected chi connectivity index (χ1v) is 9.55. The highest BCUT2D eigenvalue weighted by Crippen LogP contribution is 2.29. The maximum atomic E-state index is 9.33. The average Bonchev–Trinajstić information content (AvgIpc) is 2.74. The third-order valence-electron chi connectivity index (χ3n) is 4.79. The molecular weight excluding hydrogens is 344 g/mol. The number of aryl methyl sites for hydroxylation is 1. The molecule has 0 amide bonds. The van der Waals surface area contributed by atoms with Crippen molar-refractivity contribution in [1.82, 2.24) is 0 Å². The normalized spacial score (nSPS) is 12.8. The Bertz CT molecular complexity index is 953. The first-order chi connectivity index (χ1) is 13.7. The predicted octanol–water partition coefficient (Wildman–Crippen LogP) is 4.28. The van der Waals surface area contributed by atoms with Gasteiger partial charge in [0, 0.05) is 12.2 Å². The van der Waals surface area contributed by atoms with Crippen LogP contribution in [0, 0.1) is 18.3 Å². The Balaban J connectivity index is 2.05. The highest BCUT2D eigenvalue weighted by molar-refractivity contribution is 6.04. The monoisotopic (exact) mass is 369 g/mol. The molecule has 0 fully saturated rings. The summed E-state index contributed by atoms with van der Waals surface area (Å²) in [4.78, 5) is 0. The van der Waals surface area contributed by atoms with E-state index in [0.29, 0.717) is 19.5 Å². The average molecular weight is 369 g/mol. The SMILES string of the molecule is Cc1ccc(C(=C2C=CC(=[N+](CCO)CCC#N)C=C2)c2ccccc2)cc1. The van der Waals surface area contributed by atoms with Crippen LogP contribution in [0.1, 0.15) is 23.1 Å². The van der Waals surface area contributed by atoms with Crippen LogP contribution in [0.25, 0.3) is 5.57 Å². The van der Waals surface area contributed by atoms with Gasteiger partial charge in [-0.3, -0.25) is 0 Å². The maximum absolute atomic E-state index is 9.33. The fourth-order valence-electron chi connectivity index (χ4n) is 3.34. The van der Waals surface area contributed by atoms with E-state index < -0.39 is 0 Å². The fraction of sp³-hybridized carbons (Fsp3) is 0.200. The van der Waals surface area contributed by atoms with Crippen LogP contribution in [0.15, 0.2) is 84.5 Å². The topological polar surface area (TPSA) is 47.0 Å². The second-order valence-electron chi connectivity index (χ2n) is 6.77. The molecule has 0 bridgehead atoms. The van der Waals surface area contributed by atoms with Crippen molar-refractivity contribution in [2.75, 3.05) is 19.7 Å². The third kappa shape index (κ3) is 4.73. The van der Waals surface area contributed by atoms with Crippen LogP contribution in [0.5, 0.6) is 0 Å². The van der Waals surface area contributed by atoms with E-state index in [0.717, 1.165) is 11.3 Å². The van der Waals surface area contributed by atoms with Gasteiger partial charge in [0.15, 0.2) is 18.8 Å². The lowest BCUT2D eigenvalue weighted by molar-refractivity contribution is -0.527. The number of aliphatic hydroxyl groups is 1. The maximum Gasteiger partial charge on any atom is 0.200 e. The minimum atomic E-state index is 0.0674. The molecule has 2 aromatic carbocycles. The van der Waals surface area contributed by atoms with Crippen LogP contribution in [0.3, 0.4) is 0 Å². The molecule has 0 saturated carbocycles. The number of nitrogens with zero attached hydrogens (tertiary/aromatic N) is 2. The van der Waals surface area contributed by atoms with Gasteiger partial charge in [0.05, 0.1) is 12.5 Å². The molecule has 0 atom stereocenters. The number of allylic oxidation sites excluding steroid dienone is 5. The number of nitriles is 1. The molecule has 0 saturated heterocycles. The number of hydrogen-bond acceptors (Lipinski definition) is 2. The molecule has 0 radical (unpaired) electrons. The van der Waals surface area contributed by atoms with E-state index in [2.05, 4.69) is 85.8 Å². The van der Waals surface area contributed by atoms with Crippen LogP contribution in [0.2, 0.25) is 0 Å². The van der Waals surface area contributed by atoms with E-state index in [9.17, 15) is 5.11 Å². The Morgan fingerprint density at radius 2 is 1.54 bits per heavy atom. The molecule has 0 aromatic heterocycles. The fourth-order valence-corrected chi connectivity index (χ4v) is 3.34. The lowest BCUT2D eigenvalue weighted by Gasteiger charge is -2.14. The number of benzene rings is 2. The van der Waals surface area contributed by atoms with E-state index in [1.165, 1.54) is 22.3 Å². The summed E-state index contributed by atoms with van der Waals surface area (Å²) in [6, 6.07) is 21.2. The van der Waals surface area contributed by atoms with Crippen LogP contribution in [-0.2, 0) is 0 Å². The van der Waals surface area contributed by atoms with Crippen molar-refractivity contribution in [1.29, 1.82) is 5.26 Å². The van der Waals surface area contributed by atoms with E-state index in [4.69, 9.17) is 5.26 Å². The summed E-state index contributed by atoms with van der Waals surface area (Å²) < 4.78 is 2.04. The van der Waals surface area contributed by atoms with Crippen molar-refractivity contribution in [2.45, 2.75) is 13.3 Å². The summed E-state index contributed by atoms with van der Waals surface area (Å²) in [5, 5.41) is 18.2. The van der Waals surface area contributed by atoms with Crippen molar-refractivity contribution in [3.63, 3.8) is 0 Å². The minimum absolute atomic E-state index is 0.0674. The van der Waals surface area contributed by atoms with Gasteiger partial charge in [-0.1, -0.05) is 60.2 Å². The molecule has 0 unspecified atom stereocenters. The van der Waals surface area contributed by atoms with Crippen molar-refractivity contribution in [3.8, 4) is 6.07 Å². The highest BCUT2D eigenvalue weighted by atomic mass is 16.3. The second kappa shape index (κ2) is 9.64. The zero-order valence-corrected chi connectivity index (χ0v) is 16.2. The second-order valence-corrected chi connectivity index (χ2v) is 6.77. The van der Waals surface area contributed by atoms with Crippen molar-refractivity contribution < 1.29 is 9.68 Å². The molecule has 0 heterocycles. The number of hydrogen-bond donors (Lipinski definition) is 1. The van der Waals surface area contributed by atoms with E-state index in [1.54, 1.807) is 0 Å². The predicted molar refractivity (Wildman–Crippen MR) is 114 cm³/mol. The molecule has 3 heteroatoms. The van der Waals surface area contributed by atoms with Gasteiger partial charge in [-0.25, -0.2) is 4.58 Å². The minimum Gasteiger partial charge on any atom is -0.390 e. The number of aliphatic hydroxyl groups excluding tert-OH is 1. The van der Waals surface area contributed by atoms with Gasteiger partial charge in [-0.15, -0.1) is 0 Å². The summed E-state index contributed by atoms with van der Waals surface area (Å²) in [5.74, 6) is 0. The van der Waals surface area contributed by atoms with E-state index in [1.807, 2.05) is 10.6 Å². The van der Waals surface area contributed by atoms with Crippen molar-refractivity contribution in [2.24, 2.45) is 0 Å². The smallest absolute Gasteiger partial charge is 0.200 e. The van der Waals surface area contributed by atoms with Crippen LogP contribution in [-0.4, -0.2) is 35.1 Å². The van der Waals surface area contributed by atoms with Gasteiger partial charge in [0.1, 0.15) is 6.61 Å². The Hall–Kier alpha value is -3.22. The lowest BCUT2D eigenvalue weighted by atomic mass is 9.90. The molecular formula is C25H25N2O+. The summed E-state index contributed by atoms with van der Waals surface area (Å²) in [6.45, 7) is 3.30. The molecule has 0 aliphatic heterocycles. The molecule has 3 rings (SSSR count). The van der Waals surface area contributed by atoms with Gasteiger partial charge in [0.2, 0.25) is 0 Å². The standard InChI is InChI=1S/C25H25N2O/c1-20-8-10-22(11-9-20)25(21-6-3-2-4-7-21)23-12-14-24(15-13-23)27(18-19-28)17-5-16-26/h2-4,6-15,28H,5,17-19H2,1H3/q+1. The lowest BCUT2D eigenvalue weighted by Crippen LogP contribution is -2.24. The Kier molecular flexibility index (Phi) is 6.73. The van der Waals surface area contributed by atoms with E-state index in [-0.39, 0.29) is 6.61 Å². The molecule has 3 nitrogen and oxygen atoms in total. The van der Waals surface area contributed by atoms with Crippen molar-refractivity contribution >= 4 is 11.3 Å². The zero-order valence-electron chi connectivity index (χ0n) is 16.2. The quantitative estimate of drug-likeness (QED) is 0.773. The first kappa shape index (κ1) is 19.5. The third-order valence-corrected chi connectivity index (χ3v) is 4.79. The highest BCUT2D eigenvalue weighted by Gasteiger charge is 2.15. The molecule has 28 heavy (non-hydrogen) atoms. The van der Waals surface area contributed by atoms with Crippen molar-refractivity contribution in [3.05, 3.63) is 101 Å². The molecule has 1 aliphatic rings. The van der Waals surface area contributed by atoms with Gasteiger partial charge in [-0.05, 0) is 41.3 Å². The van der Waals surface area contributed by atoms with Crippen LogP contribution >= 0.6 is 0 Å². The summed E-state index contributed by atoms with van der Waals surface area (Å²) in [6.07, 6.45) is 8.81. The molecule has 2 aromatic rings. The van der Waals surface area contributed by atoms with Gasteiger partial charge in [0.25, 0.3) is 0 Å². The summed E-state index contributed by atoms with van der Waals surface area (Å²) in [5.41, 5.74) is 6.95. The van der Waals surface area contributed by atoms with Gasteiger partial charge >= 0.3 is 0 Å². The Morgan fingerprint density at radius 1 is 0.893 bits per heavy atom. The van der Waals surface area contributed by atoms with Crippen LogP contribution < -0.4 is 0 Å². The first-order valence-electron chi connectivity index (χ1n) is 9.55. The summed E-state index contributed by atoms with van der Waals surface area (Å²) in [7, 11) is 0. The largest absolute Gasteiger partial charge is 0.390 e. The Morgan fingerprint density at radius 3 is 2.14 bits per heavy atom. The van der Waals surface area contributed by atoms with Crippen LogP contribution in [0.4, 0.5) is 0 Å². The molecule has 0 spiro atoms. The molecule has 1 N–H and O–H groups in total. The molecule has 1 aliphatic carbocycles. The molecule has 140 valence electrons. The Labute approximate surface area is 166 Å². The summed E-state index contributed by atoms with van der Waals surface area (Å²) >= 11 is 0. The van der Waals surface area contributed by atoms with Gasteiger partial charge < -0.3 is 5.11 Å². The number of rotatable bonds is 6. The van der Waals surface area contributed by atoms with Gasteiger partial charge in [-0.2, -0.15) is 5.26 Å². The zero-order chi connectivity index (χ0) is 19.8.